The molecule has 0 radical (unpaired) electrons. The molecule has 7 heteroatoms. The minimum absolute atomic E-state index is 0.188. The topological polar surface area (TPSA) is 96.4 Å². The fourth-order valence-corrected chi connectivity index (χ4v) is 2.49. The lowest BCUT2D eigenvalue weighted by molar-refractivity contribution is -0.140. The summed E-state index contributed by atoms with van der Waals surface area (Å²) < 4.78 is 25.7. The Morgan fingerprint density at radius 2 is 2.06 bits per heavy atom. The van der Waals surface area contributed by atoms with Gasteiger partial charge in [-0.25, -0.2) is 13.4 Å². The van der Waals surface area contributed by atoms with E-state index in [1.54, 1.807) is 19.9 Å². The molecule has 0 saturated carbocycles. The molecule has 0 saturated heterocycles. The Morgan fingerprint density at radius 1 is 1.41 bits per heavy atom. The highest BCUT2D eigenvalue weighted by atomic mass is 32.2. The van der Waals surface area contributed by atoms with E-state index in [1.165, 1.54) is 18.3 Å². The maximum absolute atomic E-state index is 11.8. The summed E-state index contributed by atoms with van der Waals surface area (Å²) in [6.07, 6.45) is 1.33. The van der Waals surface area contributed by atoms with Crippen LogP contribution in [-0.2, 0) is 14.8 Å². The molecule has 0 aliphatic rings. The summed E-state index contributed by atoms with van der Waals surface area (Å²) >= 11 is 0. The molecule has 17 heavy (non-hydrogen) atoms. The van der Waals surface area contributed by atoms with Crippen LogP contribution in [0.3, 0.4) is 0 Å². The normalized spacial score (nSPS) is 13.6. The number of nitrogens with zero attached hydrogens (tertiary/aromatic N) is 1. The van der Waals surface area contributed by atoms with E-state index in [0.29, 0.717) is 0 Å². The number of carbonyl (C=O) groups is 1. The summed E-state index contributed by atoms with van der Waals surface area (Å²) in [5, 5.41) is 8.72. The molecule has 0 aliphatic heterocycles. The van der Waals surface area contributed by atoms with Crippen molar-refractivity contribution in [2.75, 3.05) is 0 Å². The molecular formula is C10H14N2O4S. The van der Waals surface area contributed by atoms with Crippen LogP contribution in [0.1, 0.15) is 13.8 Å². The summed E-state index contributed by atoms with van der Waals surface area (Å²) in [6, 6.07) is 3.24. The van der Waals surface area contributed by atoms with E-state index in [-0.39, 0.29) is 10.9 Å². The lowest BCUT2D eigenvalue weighted by atomic mass is 10.1. The Kier molecular flexibility index (Phi) is 4.19. The van der Waals surface area contributed by atoms with Gasteiger partial charge in [-0.15, -0.1) is 0 Å². The van der Waals surface area contributed by atoms with Crippen LogP contribution in [0.25, 0.3) is 0 Å². The third-order valence-electron chi connectivity index (χ3n) is 2.13. The first-order valence-electron chi connectivity index (χ1n) is 5.01. The number of carboxylic acids is 1. The minimum Gasteiger partial charge on any atom is -0.480 e. The number of pyridine rings is 1. The van der Waals surface area contributed by atoms with E-state index < -0.39 is 22.0 Å². The van der Waals surface area contributed by atoms with Gasteiger partial charge in [0.05, 0.1) is 0 Å². The molecule has 0 bridgehead atoms. The second-order valence-electron chi connectivity index (χ2n) is 3.85. The average molecular weight is 258 g/mol. The standard InChI is InChI=1S/C10H14N2O4S/c1-7(2)9(10(13)14)12-17(15,16)8-5-3-4-6-11-8/h3-7,9,12H,1-2H3,(H,13,14)/t9-/m0/s1. The Hall–Kier alpha value is -1.47. The van der Waals surface area contributed by atoms with Crippen molar-refractivity contribution in [1.29, 1.82) is 0 Å². The number of hydrogen-bond acceptors (Lipinski definition) is 4. The van der Waals surface area contributed by atoms with Crippen LogP contribution in [0.15, 0.2) is 29.4 Å². The first-order chi connectivity index (χ1) is 7.84. The van der Waals surface area contributed by atoms with Crippen molar-refractivity contribution in [2.24, 2.45) is 5.92 Å². The molecule has 94 valence electrons. The Labute approximate surface area is 99.7 Å². The molecule has 0 fully saturated rings. The summed E-state index contributed by atoms with van der Waals surface area (Å²) in [6.45, 7) is 3.25. The zero-order valence-corrected chi connectivity index (χ0v) is 10.3. The third-order valence-corrected chi connectivity index (χ3v) is 3.48. The van der Waals surface area contributed by atoms with Crippen LogP contribution in [-0.4, -0.2) is 30.5 Å². The smallest absolute Gasteiger partial charge is 0.322 e. The molecule has 0 unspecified atom stereocenters. The van der Waals surface area contributed by atoms with Crippen molar-refractivity contribution >= 4 is 16.0 Å². The van der Waals surface area contributed by atoms with Crippen LogP contribution >= 0.6 is 0 Å². The molecule has 1 heterocycles. The molecule has 1 aromatic rings. The maximum Gasteiger partial charge on any atom is 0.322 e. The average Bonchev–Trinajstić information content (AvgIpc) is 2.26. The Morgan fingerprint density at radius 3 is 2.47 bits per heavy atom. The van der Waals surface area contributed by atoms with Gasteiger partial charge >= 0.3 is 5.97 Å². The maximum atomic E-state index is 11.8. The second kappa shape index (κ2) is 5.24. The van der Waals surface area contributed by atoms with Crippen LogP contribution in [0.2, 0.25) is 0 Å². The molecule has 0 aliphatic carbocycles. The van der Waals surface area contributed by atoms with Gasteiger partial charge in [-0.1, -0.05) is 19.9 Å². The van der Waals surface area contributed by atoms with Crippen LogP contribution in [0.4, 0.5) is 0 Å². The summed E-state index contributed by atoms with van der Waals surface area (Å²) in [5.74, 6) is -1.56. The molecule has 0 spiro atoms. The lowest BCUT2D eigenvalue weighted by Crippen LogP contribution is -2.44. The summed E-state index contributed by atoms with van der Waals surface area (Å²) in [7, 11) is -3.89. The minimum atomic E-state index is -3.89. The van der Waals surface area contributed by atoms with E-state index in [0.717, 1.165) is 0 Å². The van der Waals surface area contributed by atoms with E-state index >= 15 is 0 Å². The van der Waals surface area contributed by atoms with Gasteiger partial charge in [-0.05, 0) is 18.1 Å². The Balaban J connectivity index is 2.97. The van der Waals surface area contributed by atoms with E-state index in [2.05, 4.69) is 9.71 Å². The second-order valence-corrected chi connectivity index (χ2v) is 5.51. The number of nitrogens with one attached hydrogen (secondary N) is 1. The molecule has 2 N–H and O–H groups in total. The number of rotatable bonds is 5. The van der Waals surface area contributed by atoms with Crippen molar-refractivity contribution < 1.29 is 18.3 Å². The number of hydrogen-bond donors (Lipinski definition) is 2. The first-order valence-corrected chi connectivity index (χ1v) is 6.49. The molecule has 1 rings (SSSR count). The van der Waals surface area contributed by atoms with Gasteiger partial charge in [0.1, 0.15) is 6.04 Å². The first kappa shape index (κ1) is 13.6. The molecule has 0 amide bonds. The number of sulfonamides is 1. The molecular weight excluding hydrogens is 244 g/mol. The Bertz CT molecular complexity index is 484. The fraction of sp³-hybridized carbons (Fsp3) is 0.400. The zero-order chi connectivity index (χ0) is 13.1. The van der Waals surface area contributed by atoms with E-state index in [4.69, 9.17) is 5.11 Å². The summed E-state index contributed by atoms with van der Waals surface area (Å²) in [4.78, 5) is 14.6. The monoisotopic (exact) mass is 258 g/mol. The quantitative estimate of drug-likeness (QED) is 0.800. The van der Waals surface area contributed by atoms with Gasteiger partial charge in [0, 0.05) is 6.20 Å². The van der Waals surface area contributed by atoms with Crippen LogP contribution in [0, 0.1) is 5.92 Å². The molecule has 6 nitrogen and oxygen atoms in total. The lowest BCUT2D eigenvalue weighted by Gasteiger charge is -2.17. The highest BCUT2D eigenvalue weighted by Crippen LogP contribution is 2.09. The van der Waals surface area contributed by atoms with Gasteiger partial charge in [-0.2, -0.15) is 4.72 Å². The van der Waals surface area contributed by atoms with E-state index in [9.17, 15) is 13.2 Å². The predicted molar refractivity (Wildman–Crippen MR) is 60.8 cm³/mol. The highest BCUT2D eigenvalue weighted by Gasteiger charge is 2.28. The zero-order valence-electron chi connectivity index (χ0n) is 9.49. The van der Waals surface area contributed by atoms with Gasteiger partial charge in [0.25, 0.3) is 10.0 Å². The van der Waals surface area contributed by atoms with Crippen molar-refractivity contribution in [3.8, 4) is 0 Å². The number of carboxylic acid groups (broad SMARTS) is 1. The van der Waals surface area contributed by atoms with Crippen molar-refractivity contribution in [3.63, 3.8) is 0 Å². The van der Waals surface area contributed by atoms with Crippen molar-refractivity contribution in [1.82, 2.24) is 9.71 Å². The molecule has 1 atom stereocenters. The predicted octanol–water partition coefficient (Wildman–Crippen LogP) is 0.469. The van der Waals surface area contributed by atoms with E-state index in [1.807, 2.05) is 0 Å². The number of aromatic nitrogens is 1. The third kappa shape index (κ3) is 3.50. The van der Waals surface area contributed by atoms with Crippen LogP contribution in [0.5, 0.6) is 0 Å². The SMILES string of the molecule is CC(C)[C@H](NS(=O)(=O)c1ccccn1)C(=O)O. The summed E-state index contributed by atoms with van der Waals surface area (Å²) in [5.41, 5.74) is 0. The van der Waals surface area contributed by atoms with Crippen molar-refractivity contribution in [2.45, 2.75) is 24.9 Å². The van der Waals surface area contributed by atoms with Gasteiger partial charge in [-0.3, -0.25) is 4.79 Å². The molecule has 0 aromatic carbocycles. The van der Waals surface area contributed by atoms with Gasteiger partial charge < -0.3 is 5.11 Å². The van der Waals surface area contributed by atoms with Gasteiger partial charge in [0.2, 0.25) is 0 Å². The van der Waals surface area contributed by atoms with Gasteiger partial charge in [0.15, 0.2) is 5.03 Å². The fourth-order valence-electron chi connectivity index (χ4n) is 1.21. The highest BCUT2D eigenvalue weighted by molar-refractivity contribution is 7.89. The molecule has 1 aromatic heterocycles. The van der Waals surface area contributed by atoms with Crippen LogP contribution < -0.4 is 4.72 Å². The number of aliphatic carboxylic acids is 1. The van der Waals surface area contributed by atoms with Crippen molar-refractivity contribution in [3.05, 3.63) is 24.4 Å². The largest absolute Gasteiger partial charge is 0.480 e.